The molecule has 0 radical (unpaired) electrons. The summed E-state index contributed by atoms with van der Waals surface area (Å²) in [7, 11) is 0. The van der Waals surface area contributed by atoms with Gasteiger partial charge in [0, 0.05) is 37.8 Å². The molecule has 3 N–H and O–H groups in total. The summed E-state index contributed by atoms with van der Waals surface area (Å²) < 4.78 is 52.3. The molecule has 12 heteroatoms. The van der Waals surface area contributed by atoms with E-state index < -0.39 is 35.6 Å². The number of hydrogen-bond acceptors (Lipinski definition) is 9. The molecule has 0 unspecified atom stereocenters. The van der Waals surface area contributed by atoms with Gasteiger partial charge >= 0.3 is 6.01 Å². The van der Waals surface area contributed by atoms with Gasteiger partial charge in [-0.05, 0) is 73.2 Å². The maximum atomic E-state index is 16.8. The van der Waals surface area contributed by atoms with Gasteiger partial charge < -0.3 is 25.0 Å². The molecule has 0 spiro atoms. The molecule has 4 aromatic rings. The molecule has 0 saturated carbocycles. The predicted molar refractivity (Wildman–Crippen MR) is 163 cm³/mol. The van der Waals surface area contributed by atoms with Crippen molar-refractivity contribution in [2.75, 3.05) is 37.7 Å². The zero-order chi connectivity index (χ0) is 31.5. The Hall–Kier alpha value is -3.74. The molecule has 45 heavy (non-hydrogen) atoms. The average Bonchev–Trinajstić information content (AvgIpc) is 3.48. The number of aromatic nitrogens is 3. The fourth-order valence-electron chi connectivity index (χ4n) is 7.52. The van der Waals surface area contributed by atoms with Crippen molar-refractivity contribution >= 4 is 27.5 Å². The first kappa shape index (κ1) is 29.9. The van der Waals surface area contributed by atoms with Gasteiger partial charge in [0.15, 0.2) is 5.82 Å². The molecule has 0 bridgehead atoms. The van der Waals surface area contributed by atoms with Gasteiger partial charge in [-0.3, -0.25) is 9.88 Å². The lowest BCUT2D eigenvalue weighted by Gasteiger charge is -2.31. The van der Waals surface area contributed by atoms with Gasteiger partial charge in [0.1, 0.15) is 41.4 Å². The topological polar surface area (TPSA) is 115 Å². The largest absolute Gasteiger partial charge is 0.508 e. The highest BCUT2D eigenvalue weighted by Gasteiger charge is 2.49. The van der Waals surface area contributed by atoms with Crippen LogP contribution in [0, 0.1) is 11.6 Å². The number of aryl methyl sites for hydroxylation is 1. The van der Waals surface area contributed by atoms with Crippen molar-refractivity contribution in [3.8, 4) is 23.0 Å². The number of phenolic OH excluding ortho intramolecular Hbond substituents is 1. The Morgan fingerprint density at radius 2 is 1.84 bits per heavy atom. The van der Waals surface area contributed by atoms with E-state index in [2.05, 4.69) is 19.9 Å². The van der Waals surface area contributed by atoms with E-state index in [0.717, 1.165) is 19.4 Å². The molecule has 0 amide bonds. The number of anilines is 1. The van der Waals surface area contributed by atoms with Crippen LogP contribution >= 0.6 is 0 Å². The fraction of sp³-hybridized carbons (Fsp3) is 0.485. The van der Waals surface area contributed by atoms with Crippen molar-refractivity contribution in [1.29, 1.82) is 0 Å². The number of benzene rings is 2. The van der Waals surface area contributed by atoms with Crippen LogP contribution in [0.15, 0.2) is 30.5 Å². The van der Waals surface area contributed by atoms with Crippen molar-refractivity contribution < 1.29 is 33.2 Å². The van der Waals surface area contributed by atoms with Gasteiger partial charge in [-0.15, -0.1) is 0 Å². The van der Waals surface area contributed by atoms with Crippen molar-refractivity contribution in [3.63, 3.8) is 0 Å². The van der Waals surface area contributed by atoms with E-state index in [4.69, 9.17) is 4.74 Å². The van der Waals surface area contributed by atoms with Crippen LogP contribution in [0.1, 0.15) is 44.6 Å². The number of alkyl halides is 1. The second-order valence-electron chi connectivity index (χ2n) is 12.6. The third-order valence-electron chi connectivity index (χ3n) is 9.63. The Morgan fingerprint density at radius 1 is 1.07 bits per heavy atom. The van der Waals surface area contributed by atoms with Crippen molar-refractivity contribution in [2.45, 2.75) is 69.4 Å². The minimum atomic E-state index is -0.955. The van der Waals surface area contributed by atoms with Gasteiger partial charge in [-0.2, -0.15) is 9.97 Å². The molecule has 4 atom stereocenters. The first-order valence-electron chi connectivity index (χ1n) is 15.6. The monoisotopic (exact) mass is 623 g/mol. The van der Waals surface area contributed by atoms with E-state index in [1.165, 1.54) is 30.5 Å². The van der Waals surface area contributed by atoms with E-state index in [1.54, 1.807) is 11.8 Å². The molecular weight excluding hydrogens is 587 g/mol. The number of phenols is 1. The minimum absolute atomic E-state index is 0.116. The third kappa shape index (κ3) is 5.32. The van der Waals surface area contributed by atoms with Gasteiger partial charge in [-0.1, -0.05) is 13.0 Å². The van der Waals surface area contributed by atoms with Crippen molar-refractivity contribution in [1.82, 2.24) is 19.9 Å². The summed E-state index contributed by atoms with van der Waals surface area (Å²) in [6.07, 6.45) is 2.10. The molecule has 3 saturated heterocycles. The van der Waals surface area contributed by atoms with Crippen LogP contribution in [-0.2, 0) is 6.42 Å². The van der Waals surface area contributed by atoms with Crippen LogP contribution in [0.25, 0.3) is 32.9 Å². The van der Waals surface area contributed by atoms with Crippen LogP contribution in [-0.4, -0.2) is 91.9 Å². The standard InChI is InChI=1S/C33H36F3N5O4/c1-2-23-26(35)7-4-18-10-22(44)11-24(27(18)23)29-28(36)30-25(13-37-29)31(40-15-20(42)5-6-21(43)16-40)39-32(38-30)45-17-33-8-3-9-41(33)14-19(34)12-33/h4,7,10-11,13,19-21,42-44H,2-3,5-6,8-9,12,14-17H2,1H3/t19-,20-,21-,33+/m1/s1. The van der Waals surface area contributed by atoms with Crippen molar-refractivity contribution in [3.05, 3.63) is 47.7 Å². The number of halogens is 3. The summed E-state index contributed by atoms with van der Waals surface area (Å²) in [6.45, 7) is 3.33. The number of hydrogen-bond donors (Lipinski definition) is 3. The molecule has 238 valence electrons. The van der Waals surface area contributed by atoms with Gasteiger partial charge in [0.25, 0.3) is 0 Å². The molecule has 0 aliphatic carbocycles. The first-order chi connectivity index (χ1) is 21.7. The highest BCUT2D eigenvalue weighted by Crippen LogP contribution is 2.42. The number of aromatic hydroxyl groups is 1. The van der Waals surface area contributed by atoms with E-state index >= 15 is 4.39 Å². The lowest BCUT2D eigenvalue weighted by atomic mass is 9.94. The summed E-state index contributed by atoms with van der Waals surface area (Å²) >= 11 is 0. The maximum Gasteiger partial charge on any atom is 0.319 e. The first-order valence-corrected chi connectivity index (χ1v) is 15.6. The molecule has 5 heterocycles. The molecule has 3 aliphatic heterocycles. The Balaban J connectivity index is 1.39. The summed E-state index contributed by atoms with van der Waals surface area (Å²) in [4.78, 5) is 17.3. The smallest absolute Gasteiger partial charge is 0.319 e. The van der Waals surface area contributed by atoms with E-state index in [0.29, 0.717) is 48.6 Å². The summed E-state index contributed by atoms with van der Waals surface area (Å²) in [6, 6.07) is 5.59. The number of aliphatic hydroxyl groups excluding tert-OH is 2. The number of β-amino-alcohol motifs (C(OH)–C–C–N with tert-alkyl or cyclic N) is 2. The number of rotatable bonds is 6. The van der Waals surface area contributed by atoms with E-state index in [-0.39, 0.29) is 59.4 Å². The molecular formula is C33H36F3N5O4. The molecule has 2 aromatic carbocycles. The summed E-state index contributed by atoms with van der Waals surface area (Å²) in [5.41, 5.74) is -0.159. The average molecular weight is 624 g/mol. The lowest BCUT2D eigenvalue weighted by molar-refractivity contribution is 0.107. The fourth-order valence-corrected chi connectivity index (χ4v) is 7.52. The Kier molecular flexibility index (Phi) is 7.69. The van der Waals surface area contributed by atoms with E-state index in [1.807, 2.05) is 0 Å². The van der Waals surface area contributed by atoms with E-state index in [9.17, 15) is 24.1 Å². The Labute approximate surface area is 258 Å². The molecule has 7 rings (SSSR count). The molecule has 9 nitrogen and oxygen atoms in total. The van der Waals surface area contributed by atoms with Crippen LogP contribution in [0.2, 0.25) is 0 Å². The SMILES string of the molecule is CCc1c(F)ccc2cc(O)cc(-c3ncc4c(N5C[C@H](O)CC[C@@H](O)C5)nc(OC[C@@]56CCCN5C[C@H](F)C6)nc4c3F)c12. The Morgan fingerprint density at radius 3 is 2.60 bits per heavy atom. The lowest BCUT2D eigenvalue weighted by Crippen LogP contribution is -2.43. The summed E-state index contributed by atoms with van der Waals surface area (Å²) in [5, 5.41) is 32.9. The highest BCUT2D eigenvalue weighted by atomic mass is 19.1. The maximum absolute atomic E-state index is 16.8. The highest BCUT2D eigenvalue weighted by molar-refractivity contribution is 6.01. The number of aliphatic hydroxyl groups is 2. The van der Waals surface area contributed by atoms with Gasteiger partial charge in [0.2, 0.25) is 0 Å². The van der Waals surface area contributed by atoms with Crippen molar-refractivity contribution in [2.24, 2.45) is 0 Å². The molecule has 2 aromatic heterocycles. The van der Waals surface area contributed by atoms with Crippen LogP contribution in [0.5, 0.6) is 11.8 Å². The normalized spacial score (nSPS) is 25.6. The number of ether oxygens (including phenoxy) is 1. The number of pyridine rings is 1. The molecule has 3 fully saturated rings. The number of fused-ring (bicyclic) bond motifs is 3. The minimum Gasteiger partial charge on any atom is -0.508 e. The predicted octanol–water partition coefficient (Wildman–Crippen LogP) is 4.67. The quantitative estimate of drug-likeness (QED) is 0.282. The second-order valence-corrected chi connectivity index (χ2v) is 12.6. The molecule has 3 aliphatic rings. The van der Waals surface area contributed by atoms with Crippen LogP contribution < -0.4 is 9.64 Å². The van der Waals surface area contributed by atoms with Crippen LogP contribution in [0.4, 0.5) is 19.0 Å². The third-order valence-corrected chi connectivity index (χ3v) is 9.63. The zero-order valence-corrected chi connectivity index (χ0v) is 25.0. The Bertz CT molecular complexity index is 1760. The van der Waals surface area contributed by atoms with Crippen LogP contribution in [0.3, 0.4) is 0 Å². The number of nitrogens with zero attached hydrogens (tertiary/aromatic N) is 5. The zero-order valence-electron chi connectivity index (χ0n) is 25.0. The van der Waals surface area contributed by atoms with Gasteiger partial charge in [-0.25, -0.2) is 13.2 Å². The summed E-state index contributed by atoms with van der Waals surface area (Å²) in [5.74, 6) is -1.15. The van der Waals surface area contributed by atoms with Gasteiger partial charge in [0.05, 0.1) is 23.1 Å². The second kappa shape index (κ2) is 11.6.